The Morgan fingerprint density at radius 1 is 1.24 bits per heavy atom. The van der Waals surface area contributed by atoms with E-state index in [2.05, 4.69) is 17.6 Å². The third kappa shape index (κ3) is 4.73. The summed E-state index contributed by atoms with van der Waals surface area (Å²) in [5, 5.41) is 5.46. The summed E-state index contributed by atoms with van der Waals surface area (Å²) >= 11 is 0. The largest absolute Gasteiger partial charge is 0.355 e. The van der Waals surface area contributed by atoms with E-state index in [9.17, 15) is 9.59 Å². The zero-order valence-electron chi connectivity index (χ0n) is 10.7. The van der Waals surface area contributed by atoms with Crippen molar-refractivity contribution in [3.63, 3.8) is 0 Å². The first-order chi connectivity index (χ1) is 8.00. The van der Waals surface area contributed by atoms with Gasteiger partial charge in [-0.2, -0.15) is 0 Å². The molecule has 3 unspecified atom stereocenters. The molecule has 5 heteroatoms. The first-order valence-corrected chi connectivity index (χ1v) is 6.28. The molecule has 2 amide bonds. The molecule has 98 valence electrons. The fourth-order valence-electron chi connectivity index (χ4n) is 2.26. The van der Waals surface area contributed by atoms with Gasteiger partial charge in [0.1, 0.15) is 0 Å². The van der Waals surface area contributed by atoms with Crippen molar-refractivity contribution >= 4 is 11.8 Å². The Morgan fingerprint density at radius 2 is 1.88 bits per heavy atom. The minimum atomic E-state index is -0.0813. The molecule has 0 bridgehead atoms. The second-order valence-electron chi connectivity index (χ2n) is 4.96. The molecule has 1 rings (SSSR count). The Hall–Kier alpha value is -1.10. The fourth-order valence-corrected chi connectivity index (χ4v) is 2.26. The van der Waals surface area contributed by atoms with Crippen LogP contribution in [0, 0.1) is 11.8 Å². The topological polar surface area (TPSA) is 84.2 Å². The van der Waals surface area contributed by atoms with Crippen LogP contribution in [0.15, 0.2) is 0 Å². The Bertz CT molecular complexity index is 281. The Kier molecular flexibility index (Phi) is 5.41. The minimum absolute atomic E-state index is 0.0213. The molecule has 1 fully saturated rings. The normalized spacial score (nSPS) is 28.5. The number of carbonyl (C=O) groups excluding carboxylic acids is 2. The summed E-state index contributed by atoms with van der Waals surface area (Å²) in [6.07, 6.45) is 2.90. The van der Waals surface area contributed by atoms with Gasteiger partial charge in [-0.3, -0.25) is 9.59 Å². The van der Waals surface area contributed by atoms with Crippen molar-refractivity contribution < 1.29 is 9.59 Å². The highest BCUT2D eigenvalue weighted by atomic mass is 16.2. The molecule has 3 atom stereocenters. The Morgan fingerprint density at radius 3 is 2.53 bits per heavy atom. The standard InChI is InChI=1S/C12H23N3O2/c1-8-3-4-11(13)10(7-8)12(17)15-6-5-14-9(2)16/h8,10-11H,3-7,13H2,1-2H3,(H,14,16)(H,15,17). The van der Waals surface area contributed by atoms with Gasteiger partial charge in [0.05, 0.1) is 5.92 Å². The molecule has 0 aromatic heterocycles. The quantitative estimate of drug-likeness (QED) is 0.606. The summed E-state index contributed by atoms with van der Waals surface area (Å²) in [5.74, 6) is 0.439. The molecule has 1 aliphatic rings. The lowest BCUT2D eigenvalue weighted by Crippen LogP contribution is -2.46. The third-order valence-electron chi connectivity index (χ3n) is 3.30. The highest BCUT2D eigenvalue weighted by molar-refractivity contribution is 5.79. The lowest BCUT2D eigenvalue weighted by atomic mass is 9.79. The number of carbonyl (C=O) groups is 2. The SMILES string of the molecule is CC(=O)NCCNC(=O)C1CC(C)CCC1N. The molecule has 0 aromatic carbocycles. The van der Waals surface area contributed by atoms with Gasteiger partial charge in [0.2, 0.25) is 11.8 Å². The molecular formula is C12H23N3O2. The monoisotopic (exact) mass is 241 g/mol. The van der Waals surface area contributed by atoms with Crippen molar-refractivity contribution in [2.45, 2.75) is 39.2 Å². The van der Waals surface area contributed by atoms with E-state index in [0.29, 0.717) is 19.0 Å². The van der Waals surface area contributed by atoms with Gasteiger partial charge < -0.3 is 16.4 Å². The molecule has 0 heterocycles. The number of rotatable bonds is 4. The van der Waals surface area contributed by atoms with Crippen LogP contribution in [-0.2, 0) is 9.59 Å². The summed E-state index contributed by atoms with van der Waals surface area (Å²) in [6.45, 7) is 4.55. The van der Waals surface area contributed by atoms with E-state index in [0.717, 1.165) is 19.3 Å². The van der Waals surface area contributed by atoms with Gasteiger partial charge in [-0.15, -0.1) is 0 Å². The van der Waals surface area contributed by atoms with Crippen LogP contribution >= 0.6 is 0 Å². The number of nitrogens with one attached hydrogen (secondary N) is 2. The van der Waals surface area contributed by atoms with Gasteiger partial charge in [-0.1, -0.05) is 6.92 Å². The molecule has 0 spiro atoms. The molecule has 4 N–H and O–H groups in total. The van der Waals surface area contributed by atoms with Crippen LogP contribution in [0.25, 0.3) is 0 Å². The molecule has 0 radical (unpaired) electrons. The first-order valence-electron chi connectivity index (χ1n) is 6.28. The van der Waals surface area contributed by atoms with Gasteiger partial charge in [-0.25, -0.2) is 0 Å². The summed E-state index contributed by atoms with van der Waals surface area (Å²) < 4.78 is 0. The zero-order valence-corrected chi connectivity index (χ0v) is 10.7. The van der Waals surface area contributed by atoms with Crippen LogP contribution in [-0.4, -0.2) is 30.9 Å². The van der Waals surface area contributed by atoms with E-state index in [1.165, 1.54) is 6.92 Å². The number of nitrogens with two attached hydrogens (primary N) is 1. The molecule has 0 aliphatic heterocycles. The van der Waals surface area contributed by atoms with Crippen molar-refractivity contribution in [1.82, 2.24) is 10.6 Å². The van der Waals surface area contributed by atoms with Crippen molar-refractivity contribution in [1.29, 1.82) is 0 Å². The maximum absolute atomic E-state index is 11.9. The Labute approximate surface area is 103 Å². The van der Waals surface area contributed by atoms with E-state index >= 15 is 0 Å². The smallest absolute Gasteiger partial charge is 0.224 e. The predicted molar refractivity (Wildman–Crippen MR) is 66.2 cm³/mol. The first kappa shape index (κ1) is 14.0. The molecule has 0 aromatic rings. The van der Waals surface area contributed by atoms with Crippen LogP contribution in [0.3, 0.4) is 0 Å². The van der Waals surface area contributed by atoms with Gasteiger partial charge in [0.15, 0.2) is 0 Å². The molecule has 1 aliphatic carbocycles. The molecular weight excluding hydrogens is 218 g/mol. The second kappa shape index (κ2) is 6.59. The fraction of sp³-hybridized carbons (Fsp3) is 0.833. The average Bonchev–Trinajstić information content (AvgIpc) is 2.27. The highest BCUT2D eigenvalue weighted by Gasteiger charge is 2.31. The molecule has 1 saturated carbocycles. The number of amides is 2. The Balaban J connectivity index is 2.28. The molecule has 5 nitrogen and oxygen atoms in total. The van der Waals surface area contributed by atoms with E-state index in [4.69, 9.17) is 5.73 Å². The van der Waals surface area contributed by atoms with Crippen molar-refractivity contribution in [3.8, 4) is 0 Å². The van der Waals surface area contributed by atoms with Crippen LogP contribution < -0.4 is 16.4 Å². The summed E-state index contributed by atoms with van der Waals surface area (Å²) in [4.78, 5) is 22.5. The van der Waals surface area contributed by atoms with Crippen LogP contribution in [0.2, 0.25) is 0 Å². The van der Waals surface area contributed by atoms with Crippen LogP contribution in [0.4, 0.5) is 0 Å². The summed E-state index contributed by atoms with van der Waals surface area (Å²) in [5.41, 5.74) is 5.96. The lowest BCUT2D eigenvalue weighted by molar-refractivity contribution is -0.127. The summed E-state index contributed by atoms with van der Waals surface area (Å²) in [7, 11) is 0. The number of hydrogen-bond donors (Lipinski definition) is 3. The van der Waals surface area contributed by atoms with E-state index in [1.807, 2.05) is 0 Å². The zero-order chi connectivity index (χ0) is 12.8. The van der Waals surface area contributed by atoms with E-state index in [1.54, 1.807) is 0 Å². The van der Waals surface area contributed by atoms with Crippen molar-refractivity contribution in [3.05, 3.63) is 0 Å². The lowest BCUT2D eigenvalue weighted by Gasteiger charge is -2.31. The van der Waals surface area contributed by atoms with Gasteiger partial charge in [0, 0.05) is 26.1 Å². The minimum Gasteiger partial charge on any atom is -0.355 e. The predicted octanol–water partition coefficient (Wildman–Crippen LogP) is 0.00220. The molecule has 0 saturated heterocycles. The van der Waals surface area contributed by atoms with Crippen LogP contribution in [0.1, 0.15) is 33.1 Å². The summed E-state index contributed by atoms with van der Waals surface area (Å²) in [6, 6.07) is -0.0213. The highest BCUT2D eigenvalue weighted by Crippen LogP contribution is 2.27. The maximum Gasteiger partial charge on any atom is 0.224 e. The van der Waals surface area contributed by atoms with Gasteiger partial charge in [-0.05, 0) is 25.2 Å². The van der Waals surface area contributed by atoms with Gasteiger partial charge >= 0.3 is 0 Å². The van der Waals surface area contributed by atoms with Crippen molar-refractivity contribution in [2.24, 2.45) is 17.6 Å². The van der Waals surface area contributed by atoms with Crippen LogP contribution in [0.5, 0.6) is 0 Å². The van der Waals surface area contributed by atoms with Crippen molar-refractivity contribution in [2.75, 3.05) is 13.1 Å². The number of hydrogen-bond acceptors (Lipinski definition) is 3. The van der Waals surface area contributed by atoms with E-state index in [-0.39, 0.29) is 23.8 Å². The average molecular weight is 241 g/mol. The second-order valence-corrected chi connectivity index (χ2v) is 4.96. The van der Waals surface area contributed by atoms with Gasteiger partial charge in [0.25, 0.3) is 0 Å². The third-order valence-corrected chi connectivity index (χ3v) is 3.30. The van der Waals surface area contributed by atoms with E-state index < -0.39 is 0 Å². The maximum atomic E-state index is 11.9. The molecule has 17 heavy (non-hydrogen) atoms.